The molecule has 0 bridgehead atoms. The second-order valence-corrected chi connectivity index (χ2v) is 7.36. The van der Waals surface area contributed by atoms with Crippen LogP contribution in [0.5, 0.6) is 0 Å². The first kappa shape index (κ1) is 17.4. The van der Waals surface area contributed by atoms with Gasteiger partial charge in [-0.1, -0.05) is 0 Å². The van der Waals surface area contributed by atoms with Crippen molar-refractivity contribution < 1.29 is 9.72 Å². The fourth-order valence-electron chi connectivity index (χ4n) is 2.91. The third-order valence-corrected chi connectivity index (χ3v) is 5.39. The number of thioether (sulfide) groups is 1. The molecule has 1 aliphatic heterocycles. The van der Waals surface area contributed by atoms with Crippen LogP contribution in [0.1, 0.15) is 25.8 Å². The van der Waals surface area contributed by atoms with E-state index in [9.17, 15) is 14.9 Å². The lowest BCUT2D eigenvalue weighted by molar-refractivity contribution is -0.384. The number of rotatable bonds is 5. The van der Waals surface area contributed by atoms with Gasteiger partial charge >= 0.3 is 0 Å². The van der Waals surface area contributed by atoms with E-state index in [1.807, 2.05) is 16.5 Å². The largest absolute Gasteiger partial charge is 0.342 e. The Morgan fingerprint density at radius 2 is 2.00 bits per heavy atom. The van der Waals surface area contributed by atoms with Gasteiger partial charge in [0.1, 0.15) is 12.7 Å². The third kappa shape index (κ3) is 4.16. The van der Waals surface area contributed by atoms with Gasteiger partial charge in [-0.25, -0.2) is 9.67 Å². The number of aromatic nitrogens is 3. The van der Waals surface area contributed by atoms with Crippen molar-refractivity contribution in [1.29, 1.82) is 0 Å². The maximum absolute atomic E-state index is 12.6. The van der Waals surface area contributed by atoms with E-state index in [1.54, 1.807) is 18.5 Å². The van der Waals surface area contributed by atoms with E-state index in [4.69, 9.17) is 0 Å². The number of amides is 1. The number of hydrogen-bond donors (Lipinski definition) is 0. The van der Waals surface area contributed by atoms with Crippen molar-refractivity contribution in [2.75, 3.05) is 13.1 Å². The van der Waals surface area contributed by atoms with Crippen LogP contribution >= 0.6 is 11.8 Å². The lowest BCUT2D eigenvalue weighted by Crippen LogP contribution is -2.42. The molecule has 0 saturated carbocycles. The second-order valence-electron chi connectivity index (χ2n) is 5.94. The molecule has 3 rings (SSSR count). The zero-order chi connectivity index (χ0) is 17.8. The molecule has 25 heavy (non-hydrogen) atoms. The van der Waals surface area contributed by atoms with Gasteiger partial charge in [-0.15, -0.1) is 11.8 Å². The number of likely N-dealkylation sites (tertiary alicyclic amines) is 1. The minimum absolute atomic E-state index is 0.0542. The SMILES string of the molecule is CC(Sc1ccc([N+](=O)[O-])cc1)C(=O)N1CCC(n2cncn2)CC1. The van der Waals surface area contributed by atoms with Crippen LogP contribution in [0.2, 0.25) is 0 Å². The summed E-state index contributed by atoms with van der Waals surface area (Å²) in [6.07, 6.45) is 4.98. The van der Waals surface area contributed by atoms with Gasteiger partial charge in [-0.05, 0) is 31.9 Å². The number of carbonyl (C=O) groups excluding carboxylic acids is 1. The maximum Gasteiger partial charge on any atom is 0.269 e. The normalized spacial score (nSPS) is 16.6. The van der Waals surface area contributed by atoms with Crippen LogP contribution in [-0.2, 0) is 4.79 Å². The third-order valence-electron chi connectivity index (χ3n) is 4.30. The Balaban J connectivity index is 1.53. The molecule has 0 spiro atoms. The average Bonchev–Trinajstić information content (AvgIpc) is 3.16. The molecule has 2 aromatic rings. The van der Waals surface area contributed by atoms with Gasteiger partial charge < -0.3 is 4.90 Å². The fourth-order valence-corrected chi connectivity index (χ4v) is 3.87. The molecule has 9 heteroatoms. The molecule has 2 heterocycles. The van der Waals surface area contributed by atoms with E-state index < -0.39 is 4.92 Å². The molecular formula is C16H19N5O3S. The summed E-state index contributed by atoms with van der Waals surface area (Å²) in [5.41, 5.74) is 0.0542. The van der Waals surface area contributed by atoms with Crippen LogP contribution in [-0.4, -0.2) is 48.8 Å². The highest BCUT2D eigenvalue weighted by Gasteiger charge is 2.27. The standard InChI is InChI=1S/C16H19N5O3S/c1-12(25-15-4-2-14(3-5-15)21(23)24)16(22)19-8-6-13(7-9-19)20-11-17-10-18-20/h2-5,10-13H,6-9H2,1H3. The van der Waals surface area contributed by atoms with Crippen molar-refractivity contribution >= 4 is 23.4 Å². The lowest BCUT2D eigenvalue weighted by atomic mass is 10.1. The van der Waals surface area contributed by atoms with Crippen molar-refractivity contribution in [2.24, 2.45) is 0 Å². The van der Waals surface area contributed by atoms with Gasteiger partial charge in [-0.3, -0.25) is 14.9 Å². The summed E-state index contributed by atoms with van der Waals surface area (Å²) in [4.78, 5) is 29.6. The Labute approximate surface area is 149 Å². The van der Waals surface area contributed by atoms with E-state index >= 15 is 0 Å². The lowest BCUT2D eigenvalue weighted by Gasteiger charge is -2.33. The number of nitrogens with zero attached hydrogens (tertiary/aromatic N) is 5. The Hall–Kier alpha value is -2.42. The van der Waals surface area contributed by atoms with E-state index in [2.05, 4.69) is 10.1 Å². The monoisotopic (exact) mass is 361 g/mol. The van der Waals surface area contributed by atoms with Crippen LogP contribution in [0.15, 0.2) is 41.8 Å². The van der Waals surface area contributed by atoms with Gasteiger partial charge in [0.05, 0.1) is 16.2 Å². The van der Waals surface area contributed by atoms with Gasteiger partial charge in [-0.2, -0.15) is 5.10 Å². The molecular weight excluding hydrogens is 342 g/mol. The number of piperidine rings is 1. The molecule has 1 fully saturated rings. The molecule has 1 aliphatic rings. The second kappa shape index (κ2) is 7.64. The molecule has 1 unspecified atom stereocenters. The number of hydrogen-bond acceptors (Lipinski definition) is 6. The first-order valence-electron chi connectivity index (χ1n) is 8.08. The predicted molar refractivity (Wildman–Crippen MR) is 93.3 cm³/mol. The molecule has 1 aromatic heterocycles. The van der Waals surface area contributed by atoms with E-state index in [1.165, 1.54) is 30.2 Å². The smallest absolute Gasteiger partial charge is 0.269 e. The van der Waals surface area contributed by atoms with Crippen LogP contribution < -0.4 is 0 Å². The fraction of sp³-hybridized carbons (Fsp3) is 0.438. The zero-order valence-corrected chi connectivity index (χ0v) is 14.6. The Bertz CT molecular complexity index is 727. The minimum atomic E-state index is -0.428. The first-order chi connectivity index (χ1) is 12.0. The minimum Gasteiger partial charge on any atom is -0.342 e. The van der Waals surface area contributed by atoms with Gasteiger partial charge in [0.2, 0.25) is 5.91 Å². The summed E-state index contributed by atoms with van der Waals surface area (Å²) in [7, 11) is 0. The number of nitro benzene ring substituents is 1. The Morgan fingerprint density at radius 1 is 1.32 bits per heavy atom. The summed E-state index contributed by atoms with van der Waals surface area (Å²) in [5.74, 6) is 0.0976. The van der Waals surface area contributed by atoms with Gasteiger partial charge in [0.15, 0.2) is 0 Å². The van der Waals surface area contributed by atoms with Crippen molar-refractivity contribution in [2.45, 2.75) is 36.0 Å². The van der Waals surface area contributed by atoms with Crippen LogP contribution in [0, 0.1) is 10.1 Å². The van der Waals surface area contributed by atoms with Crippen molar-refractivity contribution in [1.82, 2.24) is 19.7 Å². The summed E-state index contributed by atoms with van der Waals surface area (Å²) in [6, 6.07) is 6.59. The maximum atomic E-state index is 12.6. The van der Waals surface area contributed by atoms with Crippen LogP contribution in [0.4, 0.5) is 5.69 Å². The van der Waals surface area contributed by atoms with Crippen LogP contribution in [0.3, 0.4) is 0 Å². The van der Waals surface area contributed by atoms with Crippen LogP contribution in [0.25, 0.3) is 0 Å². The number of nitro groups is 1. The predicted octanol–water partition coefficient (Wildman–Crippen LogP) is 2.53. The molecule has 8 nitrogen and oxygen atoms in total. The quantitative estimate of drug-likeness (QED) is 0.461. The van der Waals surface area contributed by atoms with E-state index in [-0.39, 0.29) is 16.8 Å². The van der Waals surface area contributed by atoms with Gasteiger partial charge in [0.25, 0.3) is 5.69 Å². The molecule has 1 amide bonds. The molecule has 0 radical (unpaired) electrons. The summed E-state index contributed by atoms with van der Waals surface area (Å²) in [5, 5.41) is 14.6. The van der Waals surface area contributed by atoms with E-state index in [0.717, 1.165) is 17.7 Å². The van der Waals surface area contributed by atoms with Crippen molar-refractivity contribution in [3.8, 4) is 0 Å². The topological polar surface area (TPSA) is 94.2 Å². The first-order valence-corrected chi connectivity index (χ1v) is 8.96. The van der Waals surface area contributed by atoms with Crippen molar-refractivity contribution in [3.05, 3.63) is 47.0 Å². The molecule has 132 valence electrons. The summed E-state index contributed by atoms with van der Waals surface area (Å²) >= 11 is 1.42. The number of non-ortho nitro benzene ring substituents is 1. The highest BCUT2D eigenvalue weighted by Crippen LogP contribution is 2.28. The highest BCUT2D eigenvalue weighted by molar-refractivity contribution is 8.00. The Morgan fingerprint density at radius 3 is 2.56 bits per heavy atom. The molecule has 1 atom stereocenters. The Kier molecular flexibility index (Phi) is 5.32. The van der Waals surface area contributed by atoms with E-state index in [0.29, 0.717) is 19.1 Å². The molecule has 0 N–H and O–H groups in total. The van der Waals surface area contributed by atoms with Gasteiger partial charge in [0, 0.05) is 30.1 Å². The molecule has 1 saturated heterocycles. The number of carbonyl (C=O) groups is 1. The molecule has 1 aromatic carbocycles. The zero-order valence-electron chi connectivity index (χ0n) is 13.8. The summed E-state index contributed by atoms with van der Waals surface area (Å²) in [6.45, 7) is 3.28. The number of benzene rings is 1. The average molecular weight is 361 g/mol. The highest BCUT2D eigenvalue weighted by atomic mass is 32.2. The van der Waals surface area contributed by atoms with Crippen molar-refractivity contribution in [3.63, 3.8) is 0 Å². The summed E-state index contributed by atoms with van der Waals surface area (Å²) < 4.78 is 1.86. The molecule has 0 aliphatic carbocycles.